The predicted octanol–water partition coefficient (Wildman–Crippen LogP) is 4.51. The number of aryl methyl sites for hydroxylation is 2. The normalized spacial score (nSPS) is 12.2. The van der Waals surface area contributed by atoms with E-state index < -0.39 is 0 Å². The Hall–Kier alpha value is -2.12. The largest absolute Gasteiger partial charge is 0.343 e. The fourth-order valence-corrected chi connectivity index (χ4v) is 3.92. The van der Waals surface area contributed by atoms with Crippen molar-refractivity contribution in [2.75, 3.05) is 0 Å². The first-order valence-electron chi connectivity index (χ1n) is 7.40. The van der Waals surface area contributed by atoms with Crippen molar-refractivity contribution in [3.8, 4) is 10.6 Å². The molecule has 2 heterocycles. The Morgan fingerprint density at radius 2 is 1.92 bits per heavy atom. The molecular formula is C17H16FN3OS2. The first kappa shape index (κ1) is 16.7. The van der Waals surface area contributed by atoms with Crippen LogP contribution in [0.5, 0.6) is 0 Å². The van der Waals surface area contributed by atoms with E-state index in [1.54, 1.807) is 30.4 Å². The molecule has 0 aliphatic heterocycles. The number of hydrogen-bond donors (Lipinski definition) is 1. The zero-order chi connectivity index (χ0) is 17.3. The van der Waals surface area contributed by atoms with Crippen LogP contribution in [0.3, 0.4) is 0 Å². The Bertz CT molecular complexity index is 870. The van der Waals surface area contributed by atoms with Crippen molar-refractivity contribution < 1.29 is 9.18 Å². The smallest absolute Gasteiger partial charge is 0.263 e. The maximum Gasteiger partial charge on any atom is 0.263 e. The monoisotopic (exact) mass is 361 g/mol. The Morgan fingerprint density at radius 1 is 1.21 bits per heavy atom. The number of aromatic nitrogens is 2. The summed E-state index contributed by atoms with van der Waals surface area (Å²) in [5.41, 5.74) is 2.32. The molecule has 0 bridgehead atoms. The number of benzene rings is 1. The van der Waals surface area contributed by atoms with Crippen LogP contribution < -0.4 is 5.32 Å². The van der Waals surface area contributed by atoms with Crippen molar-refractivity contribution in [1.29, 1.82) is 0 Å². The Morgan fingerprint density at radius 3 is 2.54 bits per heavy atom. The first-order valence-corrected chi connectivity index (χ1v) is 9.10. The minimum Gasteiger partial charge on any atom is -0.343 e. The average Bonchev–Trinajstić information content (AvgIpc) is 3.14. The average molecular weight is 361 g/mol. The van der Waals surface area contributed by atoms with Gasteiger partial charge in [0.25, 0.3) is 5.91 Å². The van der Waals surface area contributed by atoms with E-state index in [1.165, 1.54) is 23.5 Å². The maximum absolute atomic E-state index is 13.0. The third kappa shape index (κ3) is 3.52. The summed E-state index contributed by atoms with van der Waals surface area (Å²) in [7, 11) is 0. The van der Waals surface area contributed by atoms with Gasteiger partial charge in [-0.3, -0.25) is 4.79 Å². The van der Waals surface area contributed by atoms with Gasteiger partial charge in [-0.15, -0.1) is 22.7 Å². The van der Waals surface area contributed by atoms with Gasteiger partial charge in [-0.1, -0.05) is 0 Å². The van der Waals surface area contributed by atoms with E-state index in [4.69, 9.17) is 0 Å². The van der Waals surface area contributed by atoms with Gasteiger partial charge in [-0.25, -0.2) is 14.4 Å². The van der Waals surface area contributed by atoms with Gasteiger partial charge in [0.1, 0.15) is 15.7 Å². The highest BCUT2D eigenvalue weighted by atomic mass is 32.1. The third-order valence-corrected chi connectivity index (χ3v) is 5.52. The van der Waals surface area contributed by atoms with Crippen LogP contribution in [-0.2, 0) is 0 Å². The lowest BCUT2D eigenvalue weighted by Crippen LogP contribution is -2.26. The molecule has 4 nitrogen and oxygen atoms in total. The zero-order valence-corrected chi connectivity index (χ0v) is 15.1. The molecule has 3 rings (SSSR count). The van der Waals surface area contributed by atoms with Crippen LogP contribution >= 0.6 is 22.7 Å². The van der Waals surface area contributed by atoms with Gasteiger partial charge in [-0.05, 0) is 45.0 Å². The minimum atomic E-state index is -0.294. The van der Waals surface area contributed by atoms with Gasteiger partial charge >= 0.3 is 0 Å². The van der Waals surface area contributed by atoms with Crippen LogP contribution in [0.1, 0.15) is 39.0 Å². The molecule has 0 fully saturated rings. The fourth-order valence-electron chi connectivity index (χ4n) is 2.24. The summed E-state index contributed by atoms with van der Waals surface area (Å²) >= 11 is 2.86. The molecule has 1 aromatic carbocycles. The van der Waals surface area contributed by atoms with E-state index >= 15 is 0 Å². The van der Waals surface area contributed by atoms with Crippen LogP contribution in [0, 0.1) is 19.7 Å². The second-order valence-electron chi connectivity index (χ2n) is 5.43. The van der Waals surface area contributed by atoms with Crippen molar-refractivity contribution >= 4 is 28.6 Å². The maximum atomic E-state index is 13.0. The van der Waals surface area contributed by atoms with Gasteiger partial charge in [0.2, 0.25) is 0 Å². The molecule has 1 amide bonds. The minimum absolute atomic E-state index is 0.168. The van der Waals surface area contributed by atoms with E-state index in [2.05, 4.69) is 15.3 Å². The lowest BCUT2D eigenvalue weighted by atomic mass is 10.2. The summed E-state index contributed by atoms with van der Waals surface area (Å²) in [6, 6.07) is 5.93. The summed E-state index contributed by atoms with van der Waals surface area (Å²) < 4.78 is 13.0. The number of nitrogens with one attached hydrogen (secondary N) is 1. The molecule has 0 aliphatic carbocycles. The number of nitrogens with zero attached hydrogens (tertiary/aromatic N) is 2. The van der Waals surface area contributed by atoms with Gasteiger partial charge in [0, 0.05) is 10.9 Å². The van der Waals surface area contributed by atoms with Crippen LogP contribution in [-0.4, -0.2) is 15.9 Å². The molecule has 2 aromatic heterocycles. The molecule has 0 aliphatic rings. The van der Waals surface area contributed by atoms with Crippen molar-refractivity contribution in [3.63, 3.8) is 0 Å². The summed E-state index contributed by atoms with van der Waals surface area (Å²) in [5.74, 6) is -0.464. The molecule has 1 atom stereocenters. The Labute approximate surface area is 147 Å². The van der Waals surface area contributed by atoms with Crippen molar-refractivity contribution in [2.24, 2.45) is 0 Å². The van der Waals surface area contributed by atoms with Gasteiger partial charge in [0.05, 0.1) is 22.4 Å². The van der Waals surface area contributed by atoms with E-state index in [0.717, 1.165) is 16.3 Å². The van der Waals surface area contributed by atoms with Gasteiger partial charge in [0.15, 0.2) is 0 Å². The second kappa shape index (κ2) is 6.78. The molecule has 0 saturated carbocycles. The lowest BCUT2D eigenvalue weighted by Gasteiger charge is -2.10. The SMILES string of the molecule is Cc1nc(C(C)NC(=O)c2sc(-c3ccc(F)cc3)nc2C)cs1. The summed E-state index contributed by atoms with van der Waals surface area (Å²) in [6.07, 6.45) is 0. The summed E-state index contributed by atoms with van der Waals surface area (Å²) in [5, 5.41) is 6.58. The molecule has 0 saturated heterocycles. The molecule has 0 spiro atoms. The van der Waals surface area contributed by atoms with Crippen molar-refractivity contribution in [1.82, 2.24) is 15.3 Å². The number of hydrogen-bond acceptors (Lipinski definition) is 5. The highest BCUT2D eigenvalue weighted by Crippen LogP contribution is 2.28. The van der Waals surface area contributed by atoms with E-state index in [0.29, 0.717) is 15.6 Å². The standard InChI is InChI=1S/C17H16FN3OS2/c1-9(14-8-23-11(3)21-14)19-16(22)15-10(2)20-17(24-15)12-4-6-13(18)7-5-12/h4-9H,1-3H3,(H,19,22). The van der Waals surface area contributed by atoms with E-state index in [-0.39, 0.29) is 17.8 Å². The lowest BCUT2D eigenvalue weighted by molar-refractivity contribution is 0.0942. The number of carbonyl (C=O) groups excluding carboxylic acids is 1. The number of amides is 1. The Balaban J connectivity index is 1.79. The summed E-state index contributed by atoms with van der Waals surface area (Å²) in [6.45, 7) is 5.64. The van der Waals surface area contributed by atoms with Crippen molar-refractivity contribution in [3.05, 3.63) is 56.7 Å². The molecule has 1 unspecified atom stereocenters. The van der Waals surface area contributed by atoms with Crippen LogP contribution in [0.25, 0.3) is 10.6 Å². The van der Waals surface area contributed by atoms with Crippen LogP contribution in [0.15, 0.2) is 29.6 Å². The molecule has 124 valence electrons. The third-order valence-electron chi connectivity index (χ3n) is 3.52. The first-order chi connectivity index (χ1) is 11.4. The molecule has 0 radical (unpaired) electrons. The van der Waals surface area contributed by atoms with E-state index in [1.807, 2.05) is 19.2 Å². The van der Waals surface area contributed by atoms with Gasteiger partial charge < -0.3 is 5.32 Å². The highest BCUT2D eigenvalue weighted by Gasteiger charge is 2.19. The molecule has 1 N–H and O–H groups in total. The highest BCUT2D eigenvalue weighted by molar-refractivity contribution is 7.17. The van der Waals surface area contributed by atoms with Crippen molar-refractivity contribution in [2.45, 2.75) is 26.8 Å². The number of rotatable bonds is 4. The van der Waals surface area contributed by atoms with Crippen LogP contribution in [0.4, 0.5) is 4.39 Å². The van der Waals surface area contributed by atoms with Crippen LogP contribution in [0.2, 0.25) is 0 Å². The quantitative estimate of drug-likeness (QED) is 0.744. The topological polar surface area (TPSA) is 54.9 Å². The Kier molecular flexibility index (Phi) is 4.73. The number of halogens is 1. The molecule has 3 aromatic rings. The van der Waals surface area contributed by atoms with Gasteiger partial charge in [-0.2, -0.15) is 0 Å². The summed E-state index contributed by atoms with van der Waals surface area (Å²) in [4.78, 5) is 21.9. The zero-order valence-electron chi connectivity index (χ0n) is 13.5. The predicted molar refractivity (Wildman–Crippen MR) is 95.0 cm³/mol. The second-order valence-corrected chi connectivity index (χ2v) is 7.49. The fraction of sp³-hybridized carbons (Fsp3) is 0.235. The molecular weight excluding hydrogens is 345 g/mol. The molecule has 7 heteroatoms. The van der Waals surface area contributed by atoms with E-state index in [9.17, 15) is 9.18 Å². The number of carbonyl (C=O) groups is 1. The number of thiazole rings is 2. The molecule has 24 heavy (non-hydrogen) atoms.